The van der Waals surface area contributed by atoms with Crippen LogP contribution in [0.4, 0.5) is 5.69 Å². The predicted octanol–water partition coefficient (Wildman–Crippen LogP) is 4.06. The normalized spacial score (nSPS) is 28.6. The van der Waals surface area contributed by atoms with Crippen molar-refractivity contribution in [1.29, 1.82) is 0 Å². The van der Waals surface area contributed by atoms with Crippen molar-refractivity contribution >= 4 is 17.3 Å². The first kappa shape index (κ1) is 12.7. The van der Waals surface area contributed by atoms with Gasteiger partial charge in [0.25, 0.3) is 5.69 Å². The molecule has 2 fully saturated rings. The fourth-order valence-corrected chi connectivity index (χ4v) is 3.67. The lowest BCUT2D eigenvalue weighted by Crippen LogP contribution is -2.18. The minimum Gasteiger partial charge on any atom is -0.491 e. The number of non-ortho nitro benzene ring substituents is 1. The van der Waals surface area contributed by atoms with Crippen LogP contribution in [0.5, 0.6) is 5.75 Å². The number of nitro benzene ring substituents is 1. The van der Waals surface area contributed by atoms with Crippen molar-refractivity contribution in [3.05, 3.63) is 33.3 Å². The largest absolute Gasteiger partial charge is 0.491 e. The van der Waals surface area contributed by atoms with E-state index in [4.69, 9.17) is 16.3 Å². The second kappa shape index (κ2) is 5.00. The summed E-state index contributed by atoms with van der Waals surface area (Å²) < 4.78 is 5.73. The second-order valence-electron chi connectivity index (χ2n) is 5.62. The van der Waals surface area contributed by atoms with Crippen LogP contribution in [0.1, 0.15) is 25.7 Å². The van der Waals surface area contributed by atoms with E-state index in [0.717, 1.165) is 11.8 Å². The van der Waals surface area contributed by atoms with Gasteiger partial charge in [0.1, 0.15) is 5.75 Å². The summed E-state index contributed by atoms with van der Waals surface area (Å²) in [5, 5.41) is 11.2. The van der Waals surface area contributed by atoms with Gasteiger partial charge >= 0.3 is 0 Å². The van der Waals surface area contributed by atoms with Gasteiger partial charge < -0.3 is 4.74 Å². The molecule has 0 amide bonds. The highest BCUT2D eigenvalue weighted by molar-refractivity contribution is 6.32. The van der Waals surface area contributed by atoms with Crippen LogP contribution in [0, 0.1) is 27.9 Å². The number of fused-ring (bicyclic) bond motifs is 2. The summed E-state index contributed by atoms with van der Waals surface area (Å²) in [6.07, 6.45) is 5.23. The Morgan fingerprint density at radius 3 is 2.84 bits per heavy atom. The van der Waals surface area contributed by atoms with Crippen molar-refractivity contribution in [3.63, 3.8) is 0 Å². The molecule has 3 rings (SSSR count). The van der Waals surface area contributed by atoms with Gasteiger partial charge in [0.2, 0.25) is 0 Å². The van der Waals surface area contributed by atoms with Crippen LogP contribution in [0.15, 0.2) is 18.2 Å². The molecule has 0 aliphatic heterocycles. The summed E-state index contributed by atoms with van der Waals surface area (Å²) in [6.45, 7) is 0.627. The highest BCUT2D eigenvalue weighted by Crippen LogP contribution is 2.48. The van der Waals surface area contributed by atoms with E-state index < -0.39 is 4.92 Å². The second-order valence-corrected chi connectivity index (χ2v) is 6.02. The van der Waals surface area contributed by atoms with Crippen LogP contribution in [-0.4, -0.2) is 11.5 Å². The Hall–Kier alpha value is -1.29. The third-order valence-electron chi connectivity index (χ3n) is 4.46. The van der Waals surface area contributed by atoms with Crippen molar-refractivity contribution < 1.29 is 9.66 Å². The Kier molecular flexibility index (Phi) is 3.35. The van der Waals surface area contributed by atoms with Gasteiger partial charge in [0, 0.05) is 6.07 Å². The Labute approximate surface area is 116 Å². The lowest BCUT2D eigenvalue weighted by molar-refractivity contribution is -0.384. The van der Waals surface area contributed by atoms with Gasteiger partial charge in [-0.15, -0.1) is 0 Å². The molecule has 0 radical (unpaired) electrons. The topological polar surface area (TPSA) is 52.4 Å². The van der Waals surface area contributed by atoms with Crippen molar-refractivity contribution in [2.45, 2.75) is 25.7 Å². The molecule has 5 heteroatoms. The first-order valence-corrected chi connectivity index (χ1v) is 7.08. The van der Waals surface area contributed by atoms with Crippen molar-refractivity contribution in [3.8, 4) is 5.75 Å². The van der Waals surface area contributed by atoms with E-state index in [1.54, 1.807) is 0 Å². The molecular formula is C14H16ClNO3. The molecule has 0 spiro atoms. The van der Waals surface area contributed by atoms with Gasteiger partial charge in [-0.1, -0.05) is 18.0 Å². The first-order chi connectivity index (χ1) is 9.13. The Morgan fingerprint density at radius 2 is 2.21 bits per heavy atom. The number of nitro groups is 1. The molecule has 0 aromatic heterocycles. The number of hydrogen-bond donors (Lipinski definition) is 0. The van der Waals surface area contributed by atoms with Gasteiger partial charge in [0.15, 0.2) is 0 Å². The van der Waals surface area contributed by atoms with Gasteiger partial charge in [0.05, 0.1) is 22.6 Å². The quantitative estimate of drug-likeness (QED) is 0.617. The Bertz CT molecular complexity index is 505. The van der Waals surface area contributed by atoms with Crippen LogP contribution in [0.25, 0.3) is 0 Å². The molecule has 3 atom stereocenters. The molecule has 1 aromatic rings. The smallest absolute Gasteiger partial charge is 0.273 e. The highest BCUT2D eigenvalue weighted by atomic mass is 35.5. The zero-order chi connectivity index (χ0) is 13.4. The summed E-state index contributed by atoms with van der Waals surface area (Å²) in [7, 11) is 0. The first-order valence-electron chi connectivity index (χ1n) is 6.70. The summed E-state index contributed by atoms with van der Waals surface area (Å²) in [5.41, 5.74) is 0.0207. The summed E-state index contributed by atoms with van der Waals surface area (Å²) >= 11 is 6.02. The monoisotopic (exact) mass is 281 g/mol. The molecule has 0 saturated heterocycles. The maximum Gasteiger partial charge on any atom is 0.273 e. The molecule has 4 nitrogen and oxygen atoms in total. The number of halogens is 1. The number of ether oxygens (including phenoxy) is 1. The Balaban J connectivity index is 1.66. The fraction of sp³-hybridized carbons (Fsp3) is 0.571. The average molecular weight is 282 g/mol. The van der Waals surface area contributed by atoms with E-state index >= 15 is 0 Å². The third kappa shape index (κ3) is 2.54. The van der Waals surface area contributed by atoms with Gasteiger partial charge in [-0.3, -0.25) is 10.1 Å². The maximum absolute atomic E-state index is 10.7. The SMILES string of the molecule is O=[N+]([O-])c1ccc(Cl)c(OCC2CC3CCC2C3)c1. The minimum absolute atomic E-state index is 0.0207. The standard InChI is InChI=1S/C14H16ClNO3/c15-13-4-3-12(16(17)18)7-14(13)19-8-11-6-9-1-2-10(11)5-9/h3-4,7,9-11H,1-2,5-6,8H2. The molecule has 2 aliphatic carbocycles. The van der Waals surface area contributed by atoms with Crippen LogP contribution >= 0.6 is 11.6 Å². The van der Waals surface area contributed by atoms with Crippen molar-refractivity contribution in [2.24, 2.45) is 17.8 Å². The summed E-state index contributed by atoms with van der Waals surface area (Å²) in [5.74, 6) is 2.68. The van der Waals surface area contributed by atoms with E-state index in [1.165, 1.54) is 43.9 Å². The lowest BCUT2D eigenvalue weighted by atomic mass is 9.89. The van der Waals surface area contributed by atoms with Crippen LogP contribution in [-0.2, 0) is 0 Å². The van der Waals surface area contributed by atoms with E-state index in [0.29, 0.717) is 23.3 Å². The maximum atomic E-state index is 10.7. The highest BCUT2D eigenvalue weighted by Gasteiger charge is 2.39. The molecule has 2 bridgehead atoms. The van der Waals surface area contributed by atoms with Crippen LogP contribution in [0.2, 0.25) is 5.02 Å². The number of rotatable bonds is 4. The molecule has 102 valence electrons. The number of nitrogens with zero attached hydrogens (tertiary/aromatic N) is 1. The van der Waals surface area contributed by atoms with Crippen molar-refractivity contribution in [2.75, 3.05) is 6.61 Å². The minimum atomic E-state index is -0.430. The molecule has 1 aromatic carbocycles. The molecule has 3 unspecified atom stereocenters. The molecule has 2 saturated carbocycles. The molecule has 19 heavy (non-hydrogen) atoms. The Morgan fingerprint density at radius 1 is 1.37 bits per heavy atom. The predicted molar refractivity (Wildman–Crippen MR) is 72.5 cm³/mol. The van der Waals surface area contributed by atoms with Crippen molar-refractivity contribution in [1.82, 2.24) is 0 Å². The summed E-state index contributed by atoms with van der Waals surface area (Å²) in [4.78, 5) is 10.3. The van der Waals surface area contributed by atoms with Crippen LogP contribution < -0.4 is 4.74 Å². The molecule has 0 N–H and O–H groups in total. The van der Waals surface area contributed by atoms with E-state index in [-0.39, 0.29) is 5.69 Å². The zero-order valence-electron chi connectivity index (χ0n) is 10.5. The van der Waals surface area contributed by atoms with Gasteiger partial charge in [-0.2, -0.15) is 0 Å². The molecule has 2 aliphatic rings. The number of hydrogen-bond acceptors (Lipinski definition) is 3. The van der Waals surface area contributed by atoms with Gasteiger partial charge in [-0.05, 0) is 43.1 Å². The molecular weight excluding hydrogens is 266 g/mol. The van der Waals surface area contributed by atoms with E-state index in [2.05, 4.69) is 0 Å². The third-order valence-corrected chi connectivity index (χ3v) is 4.78. The van der Waals surface area contributed by atoms with Gasteiger partial charge in [-0.25, -0.2) is 0 Å². The molecule has 0 heterocycles. The fourth-order valence-electron chi connectivity index (χ4n) is 3.49. The van der Waals surface area contributed by atoms with Crippen LogP contribution in [0.3, 0.4) is 0 Å². The average Bonchev–Trinajstić information content (AvgIpc) is 2.99. The number of benzene rings is 1. The van der Waals surface area contributed by atoms with E-state index in [1.807, 2.05) is 0 Å². The zero-order valence-corrected chi connectivity index (χ0v) is 11.3. The lowest BCUT2D eigenvalue weighted by Gasteiger charge is -2.21. The van der Waals surface area contributed by atoms with E-state index in [9.17, 15) is 10.1 Å². The summed E-state index contributed by atoms with van der Waals surface area (Å²) in [6, 6.07) is 4.33.